The van der Waals surface area contributed by atoms with Crippen molar-refractivity contribution in [1.29, 1.82) is 0 Å². The van der Waals surface area contributed by atoms with E-state index in [9.17, 15) is 9.59 Å². The van der Waals surface area contributed by atoms with E-state index in [2.05, 4.69) is 10.9 Å². The van der Waals surface area contributed by atoms with E-state index >= 15 is 0 Å². The van der Waals surface area contributed by atoms with Gasteiger partial charge in [-0.3, -0.25) is 20.4 Å². The van der Waals surface area contributed by atoms with Crippen molar-refractivity contribution in [3.8, 4) is 11.5 Å². The summed E-state index contributed by atoms with van der Waals surface area (Å²) in [7, 11) is 0. The van der Waals surface area contributed by atoms with E-state index in [0.29, 0.717) is 11.5 Å². The summed E-state index contributed by atoms with van der Waals surface area (Å²) in [6.45, 7) is 3.46. The van der Waals surface area contributed by atoms with Gasteiger partial charge in [-0.05, 0) is 53.9 Å². The number of carbonyl (C=O) groups excluding carboxylic acids is 2. The Morgan fingerprint density at radius 3 is 2.48 bits per heavy atom. The molecular formula is C23H24N2O4. The number of hydrogen-bond donors (Lipinski definition) is 2. The molecule has 1 unspecified atom stereocenters. The molecule has 150 valence electrons. The quantitative estimate of drug-likeness (QED) is 0.604. The number of ether oxygens (including phenoxy) is 2. The molecule has 6 heteroatoms. The van der Waals surface area contributed by atoms with Crippen LogP contribution in [0.1, 0.15) is 19.4 Å². The number of nitrogens with one attached hydrogen (secondary N) is 2. The van der Waals surface area contributed by atoms with Gasteiger partial charge < -0.3 is 9.47 Å². The Morgan fingerprint density at radius 1 is 0.897 bits per heavy atom. The summed E-state index contributed by atoms with van der Waals surface area (Å²) in [6, 6.07) is 21.0. The third kappa shape index (κ3) is 5.72. The molecule has 0 fully saturated rings. The van der Waals surface area contributed by atoms with Crippen molar-refractivity contribution < 1.29 is 19.1 Å². The fourth-order valence-corrected chi connectivity index (χ4v) is 2.77. The summed E-state index contributed by atoms with van der Waals surface area (Å²) in [5, 5.41) is 2.11. The van der Waals surface area contributed by atoms with Gasteiger partial charge in [-0.1, -0.05) is 49.4 Å². The van der Waals surface area contributed by atoms with Crippen molar-refractivity contribution in [2.75, 3.05) is 6.61 Å². The Kier molecular flexibility index (Phi) is 6.68. The van der Waals surface area contributed by atoms with Crippen LogP contribution in [-0.2, 0) is 16.0 Å². The topological polar surface area (TPSA) is 76.7 Å². The third-order valence-corrected chi connectivity index (χ3v) is 4.40. The van der Waals surface area contributed by atoms with Gasteiger partial charge >= 0.3 is 0 Å². The van der Waals surface area contributed by atoms with Crippen molar-refractivity contribution in [3.63, 3.8) is 0 Å². The SMILES string of the molecule is CCc1cccc(OCC(=O)NNC(=O)C(C)Oc2ccc3ccccc3c2)c1. The summed E-state index contributed by atoms with van der Waals surface area (Å²) >= 11 is 0. The highest BCUT2D eigenvalue weighted by molar-refractivity contribution is 5.86. The molecule has 3 rings (SSSR count). The van der Waals surface area contributed by atoms with Crippen LogP contribution < -0.4 is 20.3 Å². The van der Waals surface area contributed by atoms with Crippen LogP contribution in [0.25, 0.3) is 10.8 Å². The lowest BCUT2D eigenvalue weighted by atomic mass is 10.1. The second kappa shape index (κ2) is 9.59. The van der Waals surface area contributed by atoms with E-state index in [0.717, 1.165) is 22.8 Å². The number of fused-ring (bicyclic) bond motifs is 1. The highest BCUT2D eigenvalue weighted by atomic mass is 16.5. The van der Waals surface area contributed by atoms with E-state index in [-0.39, 0.29) is 6.61 Å². The molecule has 0 aliphatic rings. The zero-order valence-electron chi connectivity index (χ0n) is 16.5. The summed E-state index contributed by atoms with van der Waals surface area (Å²) in [5.41, 5.74) is 5.81. The lowest BCUT2D eigenvalue weighted by Crippen LogP contribution is -2.48. The van der Waals surface area contributed by atoms with E-state index in [1.807, 2.05) is 67.6 Å². The average Bonchev–Trinajstić information content (AvgIpc) is 2.76. The summed E-state index contributed by atoms with van der Waals surface area (Å²) < 4.78 is 11.1. The standard InChI is InChI=1S/C23H24N2O4/c1-3-17-7-6-10-20(13-17)28-15-22(26)24-25-23(27)16(2)29-21-12-11-18-8-4-5-9-19(18)14-21/h4-14,16H,3,15H2,1-2H3,(H,24,26)(H,25,27). The summed E-state index contributed by atoms with van der Waals surface area (Å²) in [4.78, 5) is 24.1. The Bertz CT molecular complexity index is 1000. The molecule has 3 aromatic rings. The van der Waals surface area contributed by atoms with Gasteiger partial charge in [0.15, 0.2) is 12.7 Å². The van der Waals surface area contributed by atoms with Crippen LogP contribution in [-0.4, -0.2) is 24.5 Å². The lowest BCUT2D eigenvalue weighted by molar-refractivity contribution is -0.133. The van der Waals surface area contributed by atoms with Gasteiger partial charge in [0.2, 0.25) is 0 Å². The molecule has 0 saturated heterocycles. The number of hydrazine groups is 1. The number of amides is 2. The molecule has 0 aromatic heterocycles. The highest BCUT2D eigenvalue weighted by Gasteiger charge is 2.15. The molecule has 6 nitrogen and oxygen atoms in total. The van der Waals surface area contributed by atoms with Crippen LogP contribution in [0.15, 0.2) is 66.7 Å². The van der Waals surface area contributed by atoms with Gasteiger partial charge in [0.25, 0.3) is 11.8 Å². The monoisotopic (exact) mass is 392 g/mol. The molecule has 2 amide bonds. The normalized spacial score (nSPS) is 11.5. The van der Waals surface area contributed by atoms with Crippen molar-refractivity contribution in [3.05, 3.63) is 72.3 Å². The van der Waals surface area contributed by atoms with Gasteiger partial charge in [0, 0.05) is 0 Å². The summed E-state index contributed by atoms with van der Waals surface area (Å²) in [6.07, 6.45) is 0.104. The molecule has 0 aliphatic heterocycles. The van der Waals surface area contributed by atoms with Crippen LogP contribution in [0.3, 0.4) is 0 Å². The largest absolute Gasteiger partial charge is 0.484 e. The first-order valence-corrected chi connectivity index (χ1v) is 9.51. The molecule has 0 bridgehead atoms. The minimum absolute atomic E-state index is 0.201. The minimum atomic E-state index is -0.779. The Balaban J connectivity index is 1.45. The van der Waals surface area contributed by atoms with Crippen molar-refractivity contribution in [2.45, 2.75) is 26.4 Å². The number of benzene rings is 3. The smallest absolute Gasteiger partial charge is 0.279 e. The number of hydrogen-bond acceptors (Lipinski definition) is 4. The van der Waals surface area contributed by atoms with Gasteiger partial charge in [-0.2, -0.15) is 0 Å². The van der Waals surface area contributed by atoms with Gasteiger partial charge in [0.1, 0.15) is 11.5 Å². The maximum Gasteiger partial charge on any atom is 0.279 e. The minimum Gasteiger partial charge on any atom is -0.484 e. The lowest BCUT2D eigenvalue weighted by Gasteiger charge is -2.15. The van der Waals surface area contributed by atoms with Crippen LogP contribution >= 0.6 is 0 Å². The molecule has 29 heavy (non-hydrogen) atoms. The molecule has 0 spiro atoms. The number of carbonyl (C=O) groups is 2. The first-order chi connectivity index (χ1) is 14.0. The van der Waals surface area contributed by atoms with Crippen LogP contribution in [0.2, 0.25) is 0 Å². The second-order valence-corrected chi connectivity index (χ2v) is 6.60. The fourth-order valence-electron chi connectivity index (χ4n) is 2.77. The van der Waals surface area contributed by atoms with Gasteiger partial charge in [-0.15, -0.1) is 0 Å². The first kappa shape index (κ1) is 20.2. The Labute approximate surface area is 169 Å². The van der Waals surface area contributed by atoms with E-state index < -0.39 is 17.9 Å². The van der Waals surface area contributed by atoms with E-state index in [1.165, 1.54) is 0 Å². The number of aryl methyl sites for hydroxylation is 1. The van der Waals surface area contributed by atoms with Gasteiger partial charge in [0.05, 0.1) is 0 Å². The molecule has 0 radical (unpaired) electrons. The molecule has 0 aliphatic carbocycles. The van der Waals surface area contributed by atoms with E-state index in [4.69, 9.17) is 9.47 Å². The predicted octanol–water partition coefficient (Wildman–Crippen LogP) is 3.40. The number of rotatable bonds is 7. The zero-order valence-corrected chi connectivity index (χ0v) is 16.5. The average molecular weight is 392 g/mol. The predicted molar refractivity (Wildman–Crippen MR) is 112 cm³/mol. The first-order valence-electron chi connectivity index (χ1n) is 9.51. The highest BCUT2D eigenvalue weighted by Crippen LogP contribution is 2.21. The maximum absolute atomic E-state index is 12.2. The Hall–Kier alpha value is -3.54. The summed E-state index contributed by atoms with van der Waals surface area (Å²) in [5.74, 6) is 0.272. The van der Waals surface area contributed by atoms with Crippen LogP contribution in [0.4, 0.5) is 0 Å². The van der Waals surface area contributed by atoms with Gasteiger partial charge in [-0.25, -0.2) is 0 Å². The fraction of sp³-hybridized carbons (Fsp3) is 0.217. The molecule has 3 aromatic carbocycles. The molecular weight excluding hydrogens is 368 g/mol. The van der Waals surface area contributed by atoms with Crippen LogP contribution in [0.5, 0.6) is 11.5 Å². The van der Waals surface area contributed by atoms with E-state index in [1.54, 1.807) is 13.0 Å². The molecule has 0 heterocycles. The second-order valence-electron chi connectivity index (χ2n) is 6.60. The van der Waals surface area contributed by atoms with Crippen molar-refractivity contribution >= 4 is 22.6 Å². The third-order valence-electron chi connectivity index (χ3n) is 4.40. The maximum atomic E-state index is 12.2. The van der Waals surface area contributed by atoms with Crippen molar-refractivity contribution in [1.82, 2.24) is 10.9 Å². The van der Waals surface area contributed by atoms with Crippen LogP contribution in [0, 0.1) is 0 Å². The Morgan fingerprint density at radius 2 is 1.69 bits per heavy atom. The zero-order chi connectivity index (χ0) is 20.6. The molecule has 0 saturated carbocycles. The molecule has 1 atom stereocenters. The molecule has 2 N–H and O–H groups in total. The van der Waals surface area contributed by atoms with Crippen molar-refractivity contribution in [2.24, 2.45) is 0 Å².